The quantitative estimate of drug-likeness (QED) is 0.274. The average molecular weight is 431 g/mol. The zero-order valence-corrected chi connectivity index (χ0v) is 17.2. The highest BCUT2D eigenvalue weighted by Crippen LogP contribution is 2.18. The largest absolute Gasteiger partial charge is 0.350 e. The summed E-state index contributed by atoms with van der Waals surface area (Å²) >= 11 is 5.96. The van der Waals surface area contributed by atoms with Crippen molar-refractivity contribution in [2.45, 2.75) is 6.54 Å². The summed E-state index contributed by atoms with van der Waals surface area (Å²) in [6, 6.07) is 22.8. The van der Waals surface area contributed by atoms with Gasteiger partial charge in [-0.1, -0.05) is 48.0 Å². The number of benzene rings is 2. The van der Waals surface area contributed by atoms with E-state index in [1.807, 2.05) is 60.7 Å². The molecule has 3 N–H and O–H groups in total. The molecular weight excluding hydrogens is 412 g/mol. The van der Waals surface area contributed by atoms with Gasteiger partial charge in [0.05, 0.1) is 11.9 Å². The SMILES string of the molecule is Clc1ccc(Nc2nc(NCc3ccccc3)nc(N/N=C/c3ccccn3)n2)cc1. The third-order valence-electron chi connectivity index (χ3n) is 4.08. The third-order valence-corrected chi connectivity index (χ3v) is 4.33. The van der Waals surface area contributed by atoms with Gasteiger partial charge in [-0.2, -0.15) is 20.1 Å². The summed E-state index contributed by atoms with van der Waals surface area (Å²) < 4.78 is 0. The number of anilines is 4. The van der Waals surface area contributed by atoms with Crippen molar-refractivity contribution in [1.29, 1.82) is 0 Å². The third kappa shape index (κ3) is 6.22. The molecule has 2 aromatic heterocycles. The van der Waals surface area contributed by atoms with Crippen molar-refractivity contribution in [1.82, 2.24) is 19.9 Å². The molecule has 31 heavy (non-hydrogen) atoms. The monoisotopic (exact) mass is 430 g/mol. The molecule has 0 unspecified atom stereocenters. The smallest absolute Gasteiger partial charge is 0.250 e. The molecule has 9 heteroatoms. The van der Waals surface area contributed by atoms with Crippen molar-refractivity contribution in [3.05, 3.63) is 95.3 Å². The summed E-state index contributed by atoms with van der Waals surface area (Å²) in [5.41, 5.74) is 5.45. The molecule has 0 saturated carbocycles. The molecule has 0 saturated heterocycles. The Hall–Kier alpha value is -4.04. The molecule has 0 aliphatic heterocycles. The number of nitrogens with one attached hydrogen (secondary N) is 3. The fourth-order valence-electron chi connectivity index (χ4n) is 2.61. The van der Waals surface area contributed by atoms with E-state index in [0.29, 0.717) is 29.2 Å². The normalized spacial score (nSPS) is 10.7. The molecule has 2 aromatic carbocycles. The Bertz CT molecular complexity index is 1140. The minimum absolute atomic E-state index is 0.286. The van der Waals surface area contributed by atoms with Crippen LogP contribution in [0, 0.1) is 0 Å². The predicted molar refractivity (Wildman–Crippen MR) is 124 cm³/mol. The number of pyridine rings is 1. The van der Waals surface area contributed by atoms with Crippen LogP contribution in [0.15, 0.2) is 84.1 Å². The molecule has 0 fully saturated rings. The van der Waals surface area contributed by atoms with E-state index in [2.05, 4.69) is 41.1 Å². The van der Waals surface area contributed by atoms with Crippen molar-refractivity contribution < 1.29 is 0 Å². The van der Waals surface area contributed by atoms with Crippen molar-refractivity contribution in [3.8, 4) is 0 Å². The molecule has 0 amide bonds. The van der Waals surface area contributed by atoms with Crippen LogP contribution in [0.5, 0.6) is 0 Å². The van der Waals surface area contributed by atoms with Gasteiger partial charge in [0.2, 0.25) is 17.8 Å². The van der Waals surface area contributed by atoms with Gasteiger partial charge in [0, 0.05) is 23.5 Å². The van der Waals surface area contributed by atoms with Crippen molar-refractivity contribution in [3.63, 3.8) is 0 Å². The van der Waals surface area contributed by atoms with Gasteiger partial charge in [-0.15, -0.1) is 0 Å². The summed E-state index contributed by atoms with van der Waals surface area (Å²) in [4.78, 5) is 17.4. The molecule has 0 radical (unpaired) electrons. The fraction of sp³-hybridized carbons (Fsp3) is 0.0455. The Morgan fingerprint density at radius 3 is 2.32 bits per heavy atom. The van der Waals surface area contributed by atoms with E-state index in [0.717, 1.165) is 11.3 Å². The van der Waals surface area contributed by atoms with Crippen LogP contribution in [0.4, 0.5) is 23.5 Å². The first-order chi connectivity index (χ1) is 15.2. The lowest BCUT2D eigenvalue weighted by Crippen LogP contribution is -2.09. The van der Waals surface area contributed by atoms with Gasteiger partial charge < -0.3 is 10.6 Å². The zero-order valence-electron chi connectivity index (χ0n) is 16.4. The molecule has 0 aliphatic carbocycles. The molecule has 154 valence electrons. The summed E-state index contributed by atoms with van der Waals surface area (Å²) in [6.45, 7) is 0.571. The molecule has 0 spiro atoms. The van der Waals surface area contributed by atoms with Gasteiger partial charge in [-0.25, -0.2) is 5.43 Å². The highest BCUT2D eigenvalue weighted by atomic mass is 35.5. The molecule has 4 aromatic rings. The Morgan fingerprint density at radius 2 is 1.55 bits per heavy atom. The lowest BCUT2D eigenvalue weighted by molar-refractivity contribution is 0.999. The van der Waals surface area contributed by atoms with Crippen LogP contribution in [-0.2, 0) is 6.54 Å². The van der Waals surface area contributed by atoms with Crippen LogP contribution >= 0.6 is 11.6 Å². The van der Waals surface area contributed by atoms with E-state index in [1.54, 1.807) is 24.5 Å². The van der Waals surface area contributed by atoms with E-state index in [-0.39, 0.29) is 5.95 Å². The van der Waals surface area contributed by atoms with E-state index in [9.17, 15) is 0 Å². The van der Waals surface area contributed by atoms with E-state index in [4.69, 9.17) is 11.6 Å². The van der Waals surface area contributed by atoms with E-state index >= 15 is 0 Å². The van der Waals surface area contributed by atoms with Gasteiger partial charge in [0.1, 0.15) is 0 Å². The highest BCUT2D eigenvalue weighted by Gasteiger charge is 2.07. The van der Waals surface area contributed by atoms with Gasteiger partial charge in [-0.3, -0.25) is 4.98 Å². The maximum atomic E-state index is 5.96. The number of aromatic nitrogens is 4. The minimum Gasteiger partial charge on any atom is -0.350 e. The summed E-state index contributed by atoms with van der Waals surface area (Å²) in [5, 5.41) is 11.2. The Morgan fingerprint density at radius 1 is 0.806 bits per heavy atom. The van der Waals surface area contributed by atoms with Gasteiger partial charge >= 0.3 is 0 Å². The first kappa shape index (κ1) is 20.2. The first-order valence-corrected chi connectivity index (χ1v) is 9.89. The van der Waals surface area contributed by atoms with Gasteiger partial charge in [0.25, 0.3) is 0 Å². The van der Waals surface area contributed by atoms with Crippen molar-refractivity contribution in [2.75, 3.05) is 16.1 Å². The van der Waals surface area contributed by atoms with E-state index in [1.165, 1.54) is 0 Å². The molecule has 2 heterocycles. The average Bonchev–Trinajstić information content (AvgIpc) is 2.81. The molecule has 4 rings (SSSR count). The zero-order chi connectivity index (χ0) is 21.3. The Kier molecular flexibility index (Phi) is 6.61. The number of rotatable bonds is 8. The second-order valence-corrected chi connectivity index (χ2v) is 6.84. The summed E-state index contributed by atoms with van der Waals surface area (Å²) in [7, 11) is 0. The van der Waals surface area contributed by atoms with Crippen LogP contribution in [-0.4, -0.2) is 26.2 Å². The van der Waals surface area contributed by atoms with Crippen LogP contribution in [0.25, 0.3) is 0 Å². The maximum absolute atomic E-state index is 5.96. The maximum Gasteiger partial charge on any atom is 0.250 e. The second kappa shape index (κ2) is 10.1. The first-order valence-electron chi connectivity index (χ1n) is 9.51. The number of halogens is 1. The van der Waals surface area contributed by atoms with E-state index < -0.39 is 0 Å². The van der Waals surface area contributed by atoms with Gasteiger partial charge in [-0.05, 0) is 42.0 Å². The predicted octanol–water partition coefficient (Wildman–Crippen LogP) is 4.72. The Balaban J connectivity index is 1.53. The van der Waals surface area contributed by atoms with Crippen LogP contribution in [0.2, 0.25) is 5.02 Å². The Labute approximate surface area is 184 Å². The summed E-state index contributed by atoms with van der Waals surface area (Å²) in [5.74, 6) is 1.06. The lowest BCUT2D eigenvalue weighted by Gasteiger charge is -2.10. The molecule has 0 atom stereocenters. The second-order valence-electron chi connectivity index (χ2n) is 6.40. The topological polar surface area (TPSA) is 100 Å². The lowest BCUT2D eigenvalue weighted by atomic mass is 10.2. The molecular formula is C22H19ClN8. The number of hydrogen-bond donors (Lipinski definition) is 3. The number of hydrazone groups is 1. The molecule has 0 bridgehead atoms. The van der Waals surface area contributed by atoms with Crippen LogP contribution < -0.4 is 16.1 Å². The van der Waals surface area contributed by atoms with Crippen molar-refractivity contribution in [2.24, 2.45) is 5.10 Å². The minimum atomic E-state index is 0.286. The van der Waals surface area contributed by atoms with Gasteiger partial charge in [0.15, 0.2) is 0 Å². The molecule has 8 nitrogen and oxygen atoms in total. The standard InChI is InChI=1S/C22H19ClN8/c23-17-9-11-18(12-10-17)27-21-28-20(25-14-16-6-2-1-3-7-16)29-22(30-21)31-26-15-19-8-4-5-13-24-19/h1-13,15H,14H2,(H3,25,27,28,29,30,31)/b26-15+. The van der Waals surface area contributed by atoms with Crippen LogP contribution in [0.1, 0.15) is 11.3 Å². The van der Waals surface area contributed by atoms with Crippen molar-refractivity contribution >= 4 is 41.3 Å². The van der Waals surface area contributed by atoms with Crippen LogP contribution in [0.3, 0.4) is 0 Å². The number of hydrogen-bond acceptors (Lipinski definition) is 8. The number of nitrogens with zero attached hydrogens (tertiary/aromatic N) is 5. The fourth-order valence-corrected chi connectivity index (χ4v) is 2.73. The highest BCUT2D eigenvalue weighted by molar-refractivity contribution is 6.30. The summed E-state index contributed by atoms with van der Waals surface area (Å²) in [6.07, 6.45) is 3.29. The molecule has 0 aliphatic rings.